The van der Waals surface area contributed by atoms with Crippen molar-refractivity contribution in [1.82, 2.24) is 10.2 Å². The summed E-state index contributed by atoms with van der Waals surface area (Å²) in [5.41, 5.74) is -0.248. The summed E-state index contributed by atoms with van der Waals surface area (Å²) in [6.07, 6.45) is 0.426. The first-order chi connectivity index (χ1) is 7.00. The maximum atomic E-state index is 11.1. The van der Waals surface area contributed by atoms with Crippen molar-refractivity contribution in [2.45, 2.75) is 6.92 Å². The van der Waals surface area contributed by atoms with Crippen LogP contribution in [0.4, 0.5) is 10.5 Å². The van der Waals surface area contributed by atoms with Crippen molar-refractivity contribution in [2.24, 2.45) is 0 Å². The second kappa shape index (κ2) is 4.27. The van der Waals surface area contributed by atoms with Gasteiger partial charge in [-0.15, -0.1) is 0 Å². The summed E-state index contributed by atoms with van der Waals surface area (Å²) in [4.78, 5) is 21.7. The summed E-state index contributed by atoms with van der Waals surface area (Å²) in [6.45, 7) is 4.85. The minimum absolute atomic E-state index is 0.0359. The van der Waals surface area contributed by atoms with Gasteiger partial charge in [0.15, 0.2) is 5.69 Å². The van der Waals surface area contributed by atoms with Gasteiger partial charge in [0, 0.05) is 6.20 Å². The summed E-state index contributed by atoms with van der Waals surface area (Å²) in [7, 11) is 0. The van der Waals surface area contributed by atoms with Gasteiger partial charge >= 0.3 is 12.1 Å². The van der Waals surface area contributed by atoms with Crippen LogP contribution in [0.2, 0.25) is 0 Å². The molecule has 0 spiro atoms. The monoisotopic (exact) mass is 211 g/mol. The van der Waals surface area contributed by atoms with E-state index in [0.29, 0.717) is 0 Å². The zero-order valence-corrected chi connectivity index (χ0v) is 7.90. The number of anilines is 1. The van der Waals surface area contributed by atoms with Crippen LogP contribution in [0.1, 0.15) is 17.4 Å². The average Bonchev–Trinajstić information content (AvgIpc) is 2.50. The molecule has 1 amide bonds. The first-order valence-corrected chi connectivity index (χ1v) is 3.92. The van der Waals surface area contributed by atoms with Crippen LogP contribution in [0.5, 0.6) is 0 Å². The molecule has 0 aliphatic rings. The number of amides is 1. The number of carbonyl (C=O) groups is 2. The van der Waals surface area contributed by atoms with Gasteiger partial charge in [-0.05, 0) is 6.92 Å². The molecule has 80 valence electrons. The Hall–Kier alpha value is -2.31. The number of aromatic carboxylic acids is 1. The highest BCUT2D eigenvalue weighted by Gasteiger charge is 2.15. The van der Waals surface area contributed by atoms with Gasteiger partial charge in [-0.3, -0.25) is 10.4 Å². The summed E-state index contributed by atoms with van der Waals surface area (Å²) in [5.74, 6) is -1.05. The van der Waals surface area contributed by atoms with E-state index in [4.69, 9.17) is 5.11 Å². The van der Waals surface area contributed by atoms with Gasteiger partial charge in [-0.1, -0.05) is 6.58 Å². The Kier molecular flexibility index (Phi) is 3.06. The Labute approximate surface area is 84.7 Å². The molecule has 1 heterocycles. The zero-order chi connectivity index (χ0) is 11.4. The normalized spacial score (nSPS) is 9.40. The molecule has 1 rings (SSSR count). The highest BCUT2D eigenvalue weighted by molar-refractivity contribution is 5.96. The number of nitrogens with one attached hydrogen (secondary N) is 2. The van der Waals surface area contributed by atoms with E-state index in [1.54, 1.807) is 0 Å². The van der Waals surface area contributed by atoms with Crippen molar-refractivity contribution in [1.29, 1.82) is 0 Å². The van der Waals surface area contributed by atoms with E-state index in [1.807, 2.05) is 0 Å². The Morgan fingerprint density at radius 2 is 2.33 bits per heavy atom. The van der Waals surface area contributed by atoms with E-state index in [9.17, 15) is 9.59 Å². The number of hydrogen-bond donors (Lipinski definition) is 3. The first kappa shape index (κ1) is 10.8. The summed E-state index contributed by atoms with van der Waals surface area (Å²) in [6, 6.07) is 0. The predicted octanol–water partition coefficient (Wildman–Crippen LogP) is 1.19. The smallest absolute Gasteiger partial charge is 0.416 e. The van der Waals surface area contributed by atoms with Gasteiger partial charge in [0.2, 0.25) is 0 Å². The predicted molar refractivity (Wildman–Crippen MR) is 50.5 cm³/mol. The highest BCUT2D eigenvalue weighted by Crippen LogP contribution is 2.11. The Morgan fingerprint density at radius 3 is 2.87 bits per heavy atom. The second-order valence-electron chi connectivity index (χ2n) is 2.67. The lowest BCUT2D eigenvalue weighted by atomic mass is 10.4. The number of nitrogens with zero attached hydrogens (tertiary/aromatic N) is 1. The SMILES string of the molecule is C=C(C)OC(=O)Nc1c[nH]nc1C(=O)O. The van der Waals surface area contributed by atoms with E-state index < -0.39 is 12.1 Å². The van der Waals surface area contributed by atoms with E-state index >= 15 is 0 Å². The van der Waals surface area contributed by atoms with Crippen LogP contribution in [0, 0.1) is 0 Å². The molecule has 1 aromatic rings. The van der Waals surface area contributed by atoms with Gasteiger partial charge in [0.05, 0.1) is 11.4 Å². The maximum absolute atomic E-state index is 11.1. The molecular formula is C8H9N3O4. The fourth-order valence-electron chi connectivity index (χ4n) is 0.842. The van der Waals surface area contributed by atoms with Crippen LogP contribution in [0.3, 0.4) is 0 Å². The highest BCUT2D eigenvalue weighted by atomic mass is 16.6. The van der Waals surface area contributed by atoms with E-state index in [1.165, 1.54) is 13.1 Å². The van der Waals surface area contributed by atoms with Gasteiger partial charge in [-0.2, -0.15) is 5.10 Å². The molecule has 0 saturated heterocycles. The molecule has 7 nitrogen and oxygen atoms in total. The first-order valence-electron chi connectivity index (χ1n) is 3.92. The molecule has 0 aromatic carbocycles. The fourth-order valence-corrected chi connectivity index (χ4v) is 0.842. The average molecular weight is 211 g/mol. The number of hydrogen-bond acceptors (Lipinski definition) is 4. The molecule has 0 bridgehead atoms. The van der Waals surface area contributed by atoms with Crippen molar-refractivity contribution in [3.05, 3.63) is 24.2 Å². The molecule has 0 aliphatic heterocycles. The summed E-state index contributed by atoms with van der Waals surface area (Å²) < 4.78 is 4.58. The van der Waals surface area contributed by atoms with Crippen LogP contribution in [0.15, 0.2) is 18.5 Å². The molecular weight excluding hydrogens is 202 g/mol. The van der Waals surface area contributed by atoms with E-state index in [-0.39, 0.29) is 17.1 Å². The lowest BCUT2D eigenvalue weighted by molar-refractivity contribution is 0.0691. The van der Waals surface area contributed by atoms with Gasteiger partial charge in [0.1, 0.15) is 0 Å². The maximum Gasteiger partial charge on any atom is 0.416 e. The third-order valence-corrected chi connectivity index (χ3v) is 1.35. The third-order valence-electron chi connectivity index (χ3n) is 1.35. The minimum atomic E-state index is -1.25. The molecule has 0 unspecified atom stereocenters. The fraction of sp³-hybridized carbons (Fsp3) is 0.125. The lowest BCUT2D eigenvalue weighted by Crippen LogP contribution is -2.14. The molecule has 0 saturated carbocycles. The third kappa shape index (κ3) is 2.83. The lowest BCUT2D eigenvalue weighted by Gasteiger charge is -2.03. The molecule has 7 heteroatoms. The molecule has 1 aromatic heterocycles. The van der Waals surface area contributed by atoms with E-state index in [0.717, 1.165) is 0 Å². The number of rotatable bonds is 3. The van der Waals surface area contributed by atoms with Gasteiger partial charge in [-0.25, -0.2) is 9.59 Å². The quantitative estimate of drug-likeness (QED) is 0.651. The molecule has 3 N–H and O–H groups in total. The molecule has 0 aliphatic carbocycles. The van der Waals surface area contributed by atoms with Crippen LogP contribution < -0.4 is 5.32 Å². The van der Waals surface area contributed by atoms with Crippen LogP contribution in [-0.4, -0.2) is 27.4 Å². The van der Waals surface area contributed by atoms with Gasteiger partial charge < -0.3 is 9.84 Å². The Balaban J connectivity index is 2.72. The Bertz CT molecular complexity index is 410. The molecule has 0 fully saturated rings. The zero-order valence-electron chi connectivity index (χ0n) is 7.90. The summed E-state index contributed by atoms with van der Waals surface area (Å²) in [5, 5.41) is 16.6. The largest absolute Gasteiger partial charge is 0.476 e. The molecule has 0 radical (unpaired) electrons. The number of allylic oxidation sites excluding steroid dienone is 1. The standard InChI is InChI=1S/C8H9N3O4/c1-4(2)15-8(14)10-5-3-9-11-6(5)7(12)13/h3H,1H2,2H3,(H,9,11)(H,10,14)(H,12,13). The van der Waals surface area contributed by atoms with Crippen molar-refractivity contribution < 1.29 is 19.4 Å². The van der Waals surface area contributed by atoms with Crippen LogP contribution in [0.25, 0.3) is 0 Å². The number of carboxylic acids is 1. The van der Waals surface area contributed by atoms with Crippen molar-refractivity contribution in [2.75, 3.05) is 5.32 Å². The van der Waals surface area contributed by atoms with E-state index in [2.05, 4.69) is 26.8 Å². The minimum Gasteiger partial charge on any atom is -0.476 e. The van der Waals surface area contributed by atoms with Gasteiger partial charge in [0.25, 0.3) is 0 Å². The van der Waals surface area contributed by atoms with Crippen LogP contribution in [-0.2, 0) is 4.74 Å². The van der Waals surface area contributed by atoms with Crippen molar-refractivity contribution in [3.8, 4) is 0 Å². The number of ether oxygens (including phenoxy) is 1. The van der Waals surface area contributed by atoms with Crippen LogP contribution >= 0.6 is 0 Å². The molecule has 0 atom stereocenters. The summed E-state index contributed by atoms with van der Waals surface area (Å²) >= 11 is 0. The number of carboxylic acid groups (broad SMARTS) is 1. The number of aromatic nitrogens is 2. The van der Waals surface area contributed by atoms with Crippen molar-refractivity contribution in [3.63, 3.8) is 0 Å². The van der Waals surface area contributed by atoms with Crippen molar-refractivity contribution >= 4 is 17.7 Å². The number of H-pyrrole nitrogens is 1. The molecule has 15 heavy (non-hydrogen) atoms. The topological polar surface area (TPSA) is 104 Å². The number of aromatic amines is 1. The second-order valence-corrected chi connectivity index (χ2v) is 2.67. The number of carbonyl (C=O) groups excluding carboxylic acids is 1. The Morgan fingerprint density at radius 1 is 1.67 bits per heavy atom.